The van der Waals surface area contributed by atoms with Gasteiger partial charge in [-0.2, -0.15) is 0 Å². The zero-order valence-corrected chi connectivity index (χ0v) is 16.5. The second kappa shape index (κ2) is 11.3. The van der Waals surface area contributed by atoms with E-state index in [1.807, 2.05) is 7.05 Å². The number of hydrogen-bond donors (Lipinski definition) is 3. The molecule has 2 aromatic rings. The van der Waals surface area contributed by atoms with Gasteiger partial charge in [-0.05, 0) is 30.9 Å². The largest absolute Gasteiger partial charge is 0.361 e. The SMILES string of the molecule is CCCCCNC(=NC)NCCCc1c[nH]c2ccccc12.I. The molecule has 0 atom stereocenters. The van der Waals surface area contributed by atoms with Crippen molar-refractivity contribution in [2.45, 2.75) is 39.0 Å². The summed E-state index contributed by atoms with van der Waals surface area (Å²) in [6.07, 6.45) is 8.01. The van der Waals surface area contributed by atoms with Gasteiger partial charge in [-0.3, -0.25) is 4.99 Å². The van der Waals surface area contributed by atoms with Gasteiger partial charge < -0.3 is 15.6 Å². The van der Waals surface area contributed by atoms with E-state index in [9.17, 15) is 0 Å². The molecule has 23 heavy (non-hydrogen) atoms. The quantitative estimate of drug-likeness (QED) is 0.257. The number of aliphatic imine (C=N–C) groups is 1. The average molecular weight is 428 g/mol. The highest BCUT2D eigenvalue weighted by Crippen LogP contribution is 2.18. The van der Waals surface area contributed by atoms with Gasteiger partial charge in [0.2, 0.25) is 0 Å². The Labute approximate surface area is 156 Å². The number of halogens is 1. The number of benzene rings is 1. The van der Waals surface area contributed by atoms with Gasteiger partial charge in [0.1, 0.15) is 0 Å². The monoisotopic (exact) mass is 428 g/mol. The summed E-state index contributed by atoms with van der Waals surface area (Å²) in [5.41, 5.74) is 2.61. The molecule has 5 heteroatoms. The van der Waals surface area contributed by atoms with E-state index in [0.29, 0.717) is 0 Å². The third-order valence-corrected chi connectivity index (χ3v) is 3.89. The van der Waals surface area contributed by atoms with Crippen LogP contribution in [0.25, 0.3) is 10.9 Å². The summed E-state index contributed by atoms with van der Waals surface area (Å²) in [6, 6.07) is 8.47. The highest BCUT2D eigenvalue weighted by atomic mass is 127. The van der Waals surface area contributed by atoms with Crippen molar-refractivity contribution < 1.29 is 0 Å². The molecular formula is C18H29IN4. The molecule has 4 nitrogen and oxygen atoms in total. The number of nitrogens with one attached hydrogen (secondary N) is 3. The van der Waals surface area contributed by atoms with Crippen LogP contribution < -0.4 is 10.6 Å². The summed E-state index contributed by atoms with van der Waals surface area (Å²) in [5, 5.41) is 8.08. The first-order valence-electron chi connectivity index (χ1n) is 8.34. The van der Waals surface area contributed by atoms with Gasteiger partial charge in [0.15, 0.2) is 5.96 Å². The van der Waals surface area contributed by atoms with E-state index in [-0.39, 0.29) is 24.0 Å². The van der Waals surface area contributed by atoms with E-state index in [4.69, 9.17) is 0 Å². The summed E-state index contributed by atoms with van der Waals surface area (Å²) in [4.78, 5) is 7.59. The number of H-pyrrole nitrogens is 1. The Hall–Kier alpha value is -1.24. The van der Waals surface area contributed by atoms with Crippen molar-refractivity contribution in [3.05, 3.63) is 36.0 Å². The molecule has 0 fully saturated rings. The Balaban J connectivity index is 0.00000264. The first kappa shape index (κ1) is 19.8. The number of hydrogen-bond acceptors (Lipinski definition) is 1. The van der Waals surface area contributed by atoms with Crippen LogP contribution in [0.1, 0.15) is 38.2 Å². The van der Waals surface area contributed by atoms with E-state index in [1.54, 1.807) is 0 Å². The number of aryl methyl sites for hydroxylation is 1. The lowest BCUT2D eigenvalue weighted by Crippen LogP contribution is -2.38. The molecule has 0 radical (unpaired) electrons. The topological polar surface area (TPSA) is 52.2 Å². The fraction of sp³-hybridized carbons (Fsp3) is 0.500. The fourth-order valence-corrected chi connectivity index (χ4v) is 2.63. The average Bonchev–Trinajstić information content (AvgIpc) is 2.97. The van der Waals surface area contributed by atoms with Gasteiger partial charge in [0.25, 0.3) is 0 Å². The maximum absolute atomic E-state index is 4.26. The molecule has 0 unspecified atom stereocenters. The number of para-hydroxylation sites is 1. The minimum absolute atomic E-state index is 0. The van der Waals surface area contributed by atoms with Crippen molar-refractivity contribution in [1.82, 2.24) is 15.6 Å². The molecule has 0 spiro atoms. The van der Waals surface area contributed by atoms with Crippen LogP contribution in [0.2, 0.25) is 0 Å². The number of unbranched alkanes of at least 4 members (excludes halogenated alkanes) is 2. The molecule has 0 saturated carbocycles. The molecule has 1 heterocycles. The van der Waals surface area contributed by atoms with Crippen molar-refractivity contribution in [2.24, 2.45) is 4.99 Å². The predicted molar refractivity (Wildman–Crippen MR) is 111 cm³/mol. The van der Waals surface area contributed by atoms with Gasteiger partial charge in [-0.25, -0.2) is 0 Å². The number of guanidine groups is 1. The fourth-order valence-electron chi connectivity index (χ4n) is 2.63. The van der Waals surface area contributed by atoms with Crippen LogP contribution >= 0.6 is 24.0 Å². The van der Waals surface area contributed by atoms with Gasteiger partial charge >= 0.3 is 0 Å². The number of aromatic nitrogens is 1. The summed E-state index contributed by atoms with van der Waals surface area (Å²) in [5.74, 6) is 0.912. The van der Waals surface area contributed by atoms with Crippen molar-refractivity contribution in [1.29, 1.82) is 0 Å². The molecule has 2 rings (SSSR count). The van der Waals surface area contributed by atoms with E-state index in [2.05, 4.69) is 58.0 Å². The van der Waals surface area contributed by atoms with Crippen molar-refractivity contribution in [3.8, 4) is 0 Å². The molecule has 1 aromatic heterocycles. The summed E-state index contributed by atoms with van der Waals surface area (Å²) in [7, 11) is 1.83. The molecule has 0 amide bonds. The molecule has 3 N–H and O–H groups in total. The molecule has 1 aromatic carbocycles. The second-order valence-electron chi connectivity index (χ2n) is 5.60. The predicted octanol–water partition coefficient (Wildman–Crippen LogP) is 4.07. The van der Waals surface area contributed by atoms with Crippen LogP contribution in [0.3, 0.4) is 0 Å². The van der Waals surface area contributed by atoms with Crippen LogP contribution in [-0.2, 0) is 6.42 Å². The third-order valence-electron chi connectivity index (χ3n) is 3.89. The van der Waals surface area contributed by atoms with Crippen LogP contribution in [0.15, 0.2) is 35.5 Å². The van der Waals surface area contributed by atoms with Crippen molar-refractivity contribution >= 4 is 40.8 Å². The first-order valence-corrected chi connectivity index (χ1v) is 8.34. The Kier molecular flexibility index (Phi) is 9.75. The summed E-state index contributed by atoms with van der Waals surface area (Å²) in [6.45, 7) is 4.15. The number of rotatable bonds is 8. The van der Waals surface area contributed by atoms with Gasteiger partial charge in [-0.1, -0.05) is 38.0 Å². The molecule has 128 valence electrons. The minimum atomic E-state index is 0. The van der Waals surface area contributed by atoms with Crippen LogP contribution in [-0.4, -0.2) is 31.1 Å². The molecule has 0 aliphatic rings. The third kappa shape index (κ3) is 6.41. The number of aromatic amines is 1. The van der Waals surface area contributed by atoms with Gasteiger partial charge in [0.05, 0.1) is 0 Å². The lowest BCUT2D eigenvalue weighted by atomic mass is 10.1. The highest BCUT2D eigenvalue weighted by molar-refractivity contribution is 14.0. The number of fused-ring (bicyclic) bond motifs is 1. The first-order chi connectivity index (χ1) is 10.8. The zero-order valence-electron chi connectivity index (χ0n) is 14.2. The smallest absolute Gasteiger partial charge is 0.190 e. The van der Waals surface area contributed by atoms with Gasteiger partial charge in [-0.15, -0.1) is 24.0 Å². The lowest BCUT2D eigenvalue weighted by molar-refractivity contribution is 0.677. The van der Waals surface area contributed by atoms with E-state index in [1.165, 1.54) is 35.7 Å². The zero-order chi connectivity index (χ0) is 15.6. The molecule has 0 saturated heterocycles. The second-order valence-corrected chi connectivity index (χ2v) is 5.60. The maximum Gasteiger partial charge on any atom is 0.190 e. The maximum atomic E-state index is 4.26. The van der Waals surface area contributed by atoms with Crippen molar-refractivity contribution in [2.75, 3.05) is 20.1 Å². The summed E-state index contributed by atoms with van der Waals surface area (Å²) >= 11 is 0. The standard InChI is InChI=1S/C18H28N4.HI/c1-3-4-7-12-20-18(19-2)21-13-8-9-15-14-22-17-11-6-5-10-16(15)17;/h5-6,10-11,14,22H,3-4,7-9,12-13H2,1-2H3,(H2,19,20,21);1H. The van der Waals surface area contributed by atoms with Crippen LogP contribution in [0.5, 0.6) is 0 Å². The van der Waals surface area contributed by atoms with Crippen LogP contribution in [0, 0.1) is 0 Å². The Bertz CT molecular complexity index is 591. The van der Waals surface area contributed by atoms with E-state index < -0.39 is 0 Å². The van der Waals surface area contributed by atoms with E-state index >= 15 is 0 Å². The molecular weight excluding hydrogens is 399 g/mol. The van der Waals surface area contributed by atoms with Crippen molar-refractivity contribution in [3.63, 3.8) is 0 Å². The molecule has 0 aliphatic heterocycles. The van der Waals surface area contributed by atoms with E-state index in [0.717, 1.165) is 31.9 Å². The Morgan fingerprint density at radius 3 is 2.57 bits per heavy atom. The summed E-state index contributed by atoms with van der Waals surface area (Å²) < 4.78 is 0. The minimum Gasteiger partial charge on any atom is -0.361 e. The number of nitrogens with zero attached hydrogens (tertiary/aromatic N) is 1. The molecule has 0 bridgehead atoms. The van der Waals surface area contributed by atoms with Crippen LogP contribution in [0.4, 0.5) is 0 Å². The lowest BCUT2D eigenvalue weighted by Gasteiger charge is -2.11. The molecule has 0 aliphatic carbocycles. The Morgan fingerprint density at radius 2 is 1.83 bits per heavy atom. The normalized spacial score (nSPS) is 11.3. The highest BCUT2D eigenvalue weighted by Gasteiger charge is 2.02. The van der Waals surface area contributed by atoms with Gasteiger partial charge in [0, 0.05) is 37.2 Å². The Morgan fingerprint density at radius 1 is 1.09 bits per heavy atom.